The molecule has 0 N–H and O–H groups in total. The van der Waals surface area contributed by atoms with Gasteiger partial charge in [-0.3, -0.25) is 0 Å². The molecule has 2 nitrogen and oxygen atoms in total. The third kappa shape index (κ3) is 0.956. The minimum Gasteiger partial charge on any atom is -0.384 e. The number of methoxy groups -OCH3 is 1. The summed E-state index contributed by atoms with van der Waals surface area (Å²) in [5, 5.41) is 0. The Bertz CT molecular complexity index is 124. The lowest BCUT2D eigenvalue weighted by Gasteiger charge is -2.20. The number of hydrogen-bond acceptors (Lipinski definition) is 2. The zero-order valence-electron chi connectivity index (χ0n) is 6.38. The molecule has 2 fully saturated rings. The minimum atomic E-state index is 0.574. The van der Waals surface area contributed by atoms with E-state index >= 15 is 0 Å². The Balaban J connectivity index is 1.90. The highest BCUT2D eigenvalue weighted by Crippen LogP contribution is 2.39. The van der Waals surface area contributed by atoms with Crippen LogP contribution in [0.25, 0.3) is 0 Å². The molecule has 1 heterocycles. The van der Waals surface area contributed by atoms with E-state index < -0.39 is 0 Å². The Morgan fingerprint density at radius 3 is 2.90 bits per heavy atom. The van der Waals surface area contributed by atoms with Gasteiger partial charge in [0, 0.05) is 13.7 Å². The molecule has 2 bridgehead atoms. The normalized spacial score (nSPS) is 44.7. The van der Waals surface area contributed by atoms with E-state index in [1.807, 2.05) is 0 Å². The maximum atomic E-state index is 5.47. The summed E-state index contributed by atoms with van der Waals surface area (Å²) in [6.45, 7) is 1.92. The van der Waals surface area contributed by atoms with Crippen LogP contribution in [0.2, 0.25) is 0 Å². The van der Waals surface area contributed by atoms with Crippen LogP contribution in [-0.2, 0) is 9.47 Å². The summed E-state index contributed by atoms with van der Waals surface area (Å²) in [5.41, 5.74) is 0. The first-order chi connectivity index (χ1) is 4.90. The van der Waals surface area contributed by atoms with Crippen molar-refractivity contribution < 1.29 is 9.47 Å². The molecule has 1 aliphatic heterocycles. The molecule has 0 aromatic carbocycles. The first kappa shape index (κ1) is 6.62. The van der Waals surface area contributed by atoms with Crippen LogP contribution in [0.5, 0.6) is 0 Å². The van der Waals surface area contributed by atoms with Crippen LogP contribution in [0, 0.1) is 11.8 Å². The summed E-state index contributed by atoms with van der Waals surface area (Å²) < 4.78 is 10.6. The molecular weight excluding hydrogens is 128 g/mol. The minimum absolute atomic E-state index is 0.574. The van der Waals surface area contributed by atoms with E-state index in [-0.39, 0.29) is 0 Å². The molecule has 2 aliphatic rings. The van der Waals surface area contributed by atoms with Gasteiger partial charge in [0.2, 0.25) is 0 Å². The van der Waals surface area contributed by atoms with E-state index in [4.69, 9.17) is 9.47 Å². The quantitative estimate of drug-likeness (QED) is 0.574. The van der Waals surface area contributed by atoms with Gasteiger partial charge in [0.05, 0.1) is 12.7 Å². The Morgan fingerprint density at radius 1 is 1.50 bits per heavy atom. The third-order valence-electron chi connectivity index (χ3n) is 2.72. The molecule has 0 aromatic heterocycles. The van der Waals surface area contributed by atoms with Crippen LogP contribution >= 0.6 is 0 Å². The molecule has 3 atom stereocenters. The first-order valence-corrected chi connectivity index (χ1v) is 4.00. The van der Waals surface area contributed by atoms with Gasteiger partial charge in [-0.2, -0.15) is 0 Å². The molecule has 2 rings (SSSR count). The second-order valence-electron chi connectivity index (χ2n) is 3.40. The molecule has 0 spiro atoms. The van der Waals surface area contributed by atoms with Gasteiger partial charge in [-0.15, -0.1) is 0 Å². The summed E-state index contributed by atoms with van der Waals surface area (Å²) in [5.74, 6) is 1.61. The fourth-order valence-corrected chi connectivity index (χ4v) is 2.17. The molecular formula is C8H14O2. The van der Waals surface area contributed by atoms with Crippen LogP contribution in [0.15, 0.2) is 0 Å². The molecule has 58 valence electrons. The number of hydrogen-bond donors (Lipinski definition) is 0. The van der Waals surface area contributed by atoms with Gasteiger partial charge >= 0.3 is 0 Å². The maximum Gasteiger partial charge on any atom is 0.0582 e. The van der Waals surface area contributed by atoms with Gasteiger partial charge in [0.1, 0.15) is 0 Å². The standard InChI is InChI=1S/C8H14O2/c1-9-4-6-2-8-3-7(6)5-10-8/h6-8H,2-5H2,1H3. The molecule has 0 radical (unpaired) electrons. The van der Waals surface area contributed by atoms with E-state index in [0.717, 1.165) is 25.0 Å². The second-order valence-corrected chi connectivity index (χ2v) is 3.40. The van der Waals surface area contributed by atoms with Crippen molar-refractivity contribution in [3.63, 3.8) is 0 Å². The van der Waals surface area contributed by atoms with Gasteiger partial charge in [-0.25, -0.2) is 0 Å². The summed E-state index contributed by atoms with van der Waals surface area (Å²) in [6, 6.07) is 0. The zero-order chi connectivity index (χ0) is 6.97. The lowest BCUT2D eigenvalue weighted by molar-refractivity contribution is 0.0255. The maximum absolute atomic E-state index is 5.47. The Kier molecular flexibility index (Phi) is 1.66. The van der Waals surface area contributed by atoms with Crippen molar-refractivity contribution in [1.82, 2.24) is 0 Å². The van der Waals surface area contributed by atoms with E-state index in [2.05, 4.69) is 0 Å². The largest absolute Gasteiger partial charge is 0.384 e. The first-order valence-electron chi connectivity index (χ1n) is 4.00. The zero-order valence-corrected chi connectivity index (χ0v) is 6.38. The van der Waals surface area contributed by atoms with Crippen LogP contribution < -0.4 is 0 Å². The van der Waals surface area contributed by atoms with Crippen molar-refractivity contribution in [2.45, 2.75) is 18.9 Å². The molecule has 1 saturated heterocycles. The van der Waals surface area contributed by atoms with Crippen molar-refractivity contribution in [1.29, 1.82) is 0 Å². The van der Waals surface area contributed by atoms with E-state index in [9.17, 15) is 0 Å². The van der Waals surface area contributed by atoms with E-state index in [1.165, 1.54) is 12.8 Å². The van der Waals surface area contributed by atoms with Crippen LogP contribution in [0.4, 0.5) is 0 Å². The average Bonchev–Trinajstić information content (AvgIpc) is 2.48. The number of rotatable bonds is 2. The number of ether oxygens (including phenoxy) is 2. The van der Waals surface area contributed by atoms with Crippen molar-refractivity contribution in [2.24, 2.45) is 11.8 Å². The molecule has 1 saturated carbocycles. The smallest absolute Gasteiger partial charge is 0.0582 e. The molecule has 2 heteroatoms. The molecule has 0 aromatic rings. The van der Waals surface area contributed by atoms with Gasteiger partial charge in [-0.05, 0) is 24.7 Å². The van der Waals surface area contributed by atoms with Gasteiger partial charge in [0.15, 0.2) is 0 Å². The van der Waals surface area contributed by atoms with E-state index in [0.29, 0.717) is 6.10 Å². The Hall–Kier alpha value is -0.0800. The topological polar surface area (TPSA) is 18.5 Å². The van der Waals surface area contributed by atoms with Gasteiger partial charge in [0.25, 0.3) is 0 Å². The van der Waals surface area contributed by atoms with Crippen LogP contribution in [0.3, 0.4) is 0 Å². The lowest BCUT2D eigenvalue weighted by Crippen LogP contribution is -2.21. The van der Waals surface area contributed by atoms with Gasteiger partial charge in [-0.1, -0.05) is 0 Å². The Labute approximate surface area is 61.5 Å². The Morgan fingerprint density at radius 2 is 2.40 bits per heavy atom. The van der Waals surface area contributed by atoms with Gasteiger partial charge < -0.3 is 9.47 Å². The van der Waals surface area contributed by atoms with Crippen molar-refractivity contribution in [3.8, 4) is 0 Å². The third-order valence-corrected chi connectivity index (χ3v) is 2.72. The molecule has 3 unspecified atom stereocenters. The van der Waals surface area contributed by atoms with Crippen molar-refractivity contribution in [3.05, 3.63) is 0 Å². The van der Waals surface area contributed by atoms with Crippen LogP contribution in [0.1, 0.15) is 12.8 Å². The molecule has 0 amide bonds. The summed E-state index contributed by atoms with van der Waals surface area (Å²) >= 11 is 0. The lowest BCUT2D eigenvalue weighted by atomic mass is 9.98. The fourth-order valence-electron chi connectivity index (χ4n) is 2.17. The predicted octanol–water partition coefficient (Wildman–Crippen LogP) is 1.06. The highest BCUT2D eigenvalue weighted by molar-refractivity contribution is 4.88. The average molecular weight is 142 g/mol. The monoisotopic (exact) mass is 142 g/mol. The van der Waals surface area contributed by atoms with Crippen molar-refractivity contribution in [2.75, 3.05) is 20.3 Å². The van der Waals surface area contributed by atoms with Crippen molar-refractivity contribution >= 4 is 0 Å². The number of fused-ring (bicyclic) bond motifs is 2. The SMILES string of the molecule is COCC1CC2CC1CO2. The van der Waals surface area contributed by atoms with Crippen LogP contribution in [-0.4, -0.2) is 26.4 Å². The second kappa shape index (κ2) is 2.51. The summed E-state index contributed by atoms with van der Waals surface area (Å²) in [7, 11) is 1.78. The highest BCUT2D eigenvalue weighted by Gasteiger charge is 2.40. The summed E-state index contributed by atoms with van der Waals surface area (Å²) in [4.78, 5) is 0. The highest BCUT2D eigenvalue weighted by atomic mass is 16.5. The predicted molar refractivity (Wildman–Crippen MR) is 37.8 cm³/mol. The molecule has 1 aliphatic carbocycles. The summed E-state index contributed by atoms with van der Waals surface area (Å²) in [6.07, 6.45) is 3.09. The molecule has 10 heavy (non-hydrogen) atoms. The van der Waals surface area contributed by atoms with E-state index in [1.54, 1.807) is 7.11 Å². The fraction of sp³-hybridized carbons (Fsp3) is 1.00.